The summed E-state index contributed by atoms with van der Waals surface area (Å²) in [5, 5.41) is 0. The quantitative estimate of drug-likeness (QED) is 0.374. The predicted molar refractivity (Wildman–Crippen MR) is 145 cm³/mol. The molecule has 32 heavy (non-hydrogen) atoms. The number of piperidine rings is 1. The lowest BCUT2D eigenvalue weighted by atomic mass is 9.97. The summed E-state index contributed by atoms with van der Waals surface area (Å²) >= 11 is 0. The summed E-state index contributed by atoms with van der Waals surface area (Å²) in [5.74, 6) is 2.81. The molecule has 0 radical (unpaired) electrons. The van der Waals surface area contributed by atoms with Crippen molar-refractivity contribution in [2.45, 2.75) is 46.5 Å². The molecule has 0 atom stereocenters. The highest BCUT2D eigenvalue weighted by Gasteiger charge is 2.26. The molecule has 0 aliphatic carbocycles. The van der Waals surface area contributed by atoms with E-state index in [1.807, 2.05) is 0 Å². The summed E-state index contributed by atoms with van der Waals surface area (Å²) < 4.78 is 0. The molecule has 2 aliphatic heterocycles. The smallest absolute Gasteiger partial charge is 0.130 e. The van der Waals surface area contributed by atoms with Gasteiger partial charge in [0.1, 0.15) is 7.85 Å². The highest BCUT2D eigenvalue weighted by atomic mass is 15.2. The summed E-state index contributed by atoms with van der Waals surface area (Å²) in [5.41, 5.74) is 8.31. The van der Waals surface area contributed by atoms with Gasteiger partial charge < -0.3 is 14.7 Å². The van der Waals surface area contributed by atoms with Crippen LogP contribution in [0.25, 0.3) is 5.70 Å². The molecule has 0 spiro atoms. The van der Waals surface area contributed by atoms with Gasteiger partial charge in [0.05, 0.1) is 5.69 Å². The van der Waals surface area contributed by atoms with Crippen molar-refractivity contribution < 1.29 is 0 Å². The van der Waals surface area contributed by atoms with Crippen LogP contribution in [0.1, 0.15) is 52.0 Å². The molecule has 2 aliphatic rings. The molecule has 0 saturated carbocycles. The first kappa shape index (κ1) is 24.0. The zero-order valence-electron chi connectivity index (χ0n) is 20.8. The van der Waals surface area contributed by atoms with Crippen molar-refractivity contribution in [3.05, 3.63) is 78.1 Å². The molecule has 1 fully saturated rings. The molecule has 0 N–H and O–H groups in total. The first-order valence-corrected chi connectivity index (χ1v) is 12.2. The first-order chi connectivity index (χ1) is 15.4. The predicted octanol–water partition coefficient (Wildman–Crippen LogP) is 5.94. The van der Waals surface area contributed by atoms with Crippen LogP contribution in [0.5, 0.6) is 0 Å². The van der Waals surface area contributed by atoms with Crippen molar-refractivity contribution >= 4 is 24.9 Å². The Labute approximate surface area is 196 Å². The van der Waals surface area contributed by atoms with Gasteiger partial charge in [-0.05, 0) is 68.4 Å². The number of likely N-dealkylation sites (tertiary alicyclic amines) is 1. The number of allylic oxidation sites excluding steroid dienone is 3. The van der Waals surface area contributed by atoms with Crippen LogP contribution in [0.15, 0.2) is 72.5 Å². The maximum Gasteiger partial charge on any atom is 0.130 e. The Hall–Kier alpha value is -2.62. The van der Waals surface area contributed by atoms with Gasteiger partial charge in [-0.15, -0.1) is 5.98 Å². The lowest BCUT2D eigenvalue weighted by molar-refractivity contribution is 0.325. The highest BCUT2D eigenvalue weighted by Crippen LogP contribution is 2.40. The van der Waals surface area contributed by atoms with E-state index in [0.717, 1.165) is 43.1 Å². The number of nitrogens with zero attached hydrogens (tertiary/aromatic N) is 3. The van der Waals surface area contributed by atoms with Gasteiger partial charge in [-0.25, -0.2) is 0 Å². The molecule has 2 heterocycles. The molecule has 4 heteroatoms. The van der Waals surface area contributed by atoms with Crippen LogP contribution in [0.4, 0.5) is 11.4 Å². The average Bonchev–Trinajstić information content (AvgIpc) is 2.80. The number of likely N-dealkylation sites (N-methyl/N-ethyl adjacent to an activating group) is 2. The van der Waals surface area contributed by atoms with E-state index in [0.29, 0.717) is 5.92 Å². The number of hydrogen-bond acceptors (Lipinski definition) is 3. The first-order valence-electron chi connectivity index (χ1n) is 12.2. The van der Waals surface area contributed by atoms with Crippen LogP contribution in [0.2, 0.25) is 0 Å². The molecule has 0 bridgehead atoms. The van der Waals surface area contributed by atoms with Crippen LogP contribution in [0.3, 0.4) is 0 Å². The molecule has 0 amide bonds. The van der Waals surface area contributed by atoms with Crippen LogP contribution in [-0.4, -0.2) is 39.4 Å². The van der Waals surface area contributed by atoms with E-state index >= 15 is 0 Å². The van der Waals surface area contributed by atoms with Crippen molar-refractivity contribution in [3.63, 3.8) is 0 Å². The maximum absolute atomic E-state index is 4.42. The summed E-state index contributed by atoms with van der Waals surface area (Å²) in [4.78, 5) is 7.07. The molecule has 170 valence electrons. The molecule has 1 saturated heterocycles. The fourth-order valence-corrected chi connectivity index (χ4v) is 4.59. The van der Waals surface area contributed by atoms with Gasteiger partial charge in [-0.2, -0.15) is 0 Å². The topological polar surface area (TPSA) is 9.72 Å². The average molecular weight is 429 g/mol. The van der Waals surface area contributed by atoms with Crippen molar-refractivity contribution in [2.75, 3.05) is 36.5 Å². The Balaban J connectivity index is 1.93. The summed E-state index contributed by atoms with van der Waals surface area (Å²) in [6.07, 6.45) is 11.7. The Morgan fingerprint density at radius 1 is 1.22 bits per heavy atom. The van der Waals surface area contributed by atoms with Gasteiger partial charge in [0.2, 0.25) is 0 Å². The van der Waals surface area contributed by atoms with Gasteiger partial charge in [-0.1, -0.05) is 39.2 Å². The van der Waals surface area contributed by atoms with Gasteiger partial charge in [-0.3, -0.25) is 0 Å². The Bertz CT molecular complexity index is 932. The third-order valence-electron chi connectivity index (χ3n) is 6.55. The fraction of sp³-hybridized carbons (Fsp3) is 0.429. The zero-order chi connectivity index (χ0) is 23.3. The number of hydrogen-bond donors (Lipinski definition) is 0. The fourth-order valence-electron chi connectivity index (χ4n) is 4.59. The normalized spacial score (nSPS) is 17.1. The second kappa shape index (κ2) is 10.8. The monoisotopic (exact) mass is 429 g/mol. The SMILES string of the molecule is B/C=C(\C=C/CC(C)C)C(=C)N(C)c1ccc2c(c1)C(N1CCCCC1)=CC(=C)N2CC. The van der Waals surface area contributed by atoms with E-state index in [9.17, 15) is 0 Å². The van der Waals surface area contributed by atoms with Crippen LogP contribution in [-0.2, 0) is 0 Å². The lowest BCUT2D eigenvalue weighted by Gasteiger charge is -2.38. The molecule has 3 rings (SSSR count). The molecular weight excluding hydrogens is 389 g/mol. The van der Waals surface area contributed by atoms with Crippen LogP contribution in [0, 0.1) is 5.92 Å². The molecule has 0 unspecified atom stereocenters. The van der Waals surface area contributed by atoms with E-state index in [4.69, 9.17) is 0 Å². The van der Waals surface area contributed by atoms with Crippen LogP contribution < -0.4 is 9.80 Å². The van der Waals surface area contributed by atoms with E-state index in [1.54, 1.807) is 0 Å². The van der Waals surface area contributed by atoms with Crippen LogP contribution >= 0.6 is 0 Å². The van der Waals surface area contributed by atoms with Crippen molar-refractivity contribution in [3.8, 4) is 0 Å². The van der Waals surface area contributed by atoms with Gasteiger partial charge in [0.25, 0.3) is 0 Å². The summed E-state index contributed by atoms with van der Waals surface area (Å²) in [6, 6.07) is 6.80. The lowest BCUT2D eigenvalue weighted by Crippen LogP contribution is -2.33. The van der Waals surface area contributed by atoms with E-state index < -0.39 is 0 Å². The third-order valence-corrected chi connectivity index (χ3v) is 6.55. The van der Waals surface area contributed by atoms with Gasteiger partial charge >= 0.3 is 0 Å². The molecule has 3 nitrogen and oxygen atoms in total. The standard InChI is InChI=1S/C28H40BN3/c1-7-32-22(4)18-28(31-16-9-8-10-17-31)26-19-25(14-15-27(26)32)30(6)23(5)24(20-29)13-11-12-21(2)3/h11,13-15,18-21H,4-5,7-10,12,16-17,29H2,1-3,6H3/b13-11-,24-20+. The third kappa shape index (κ3) is 5.23. The molecule has 0 aromatic heterocycles. The number of rotatable bonds is 8. The van der Waals surface area contributed by atoms with E-state index in [2.05, 4.69) is 106 Å². The molecule has 1 aromatic rings. The zero-order valence-corrected chi connectivity index (χ0v) is 20.8. The number of benzene rings is 1. The van der Waals surface area contributed by atoms with E-state index in [-0.39, 0.29) is 0 Å². The van der Waals surface area contributed by atoms with Gasteiger partial charge in [0.15, 0.2) is 0 Å². The minimum atomic E-state index is 0.659. The molecule has 1 aromatic carbocycles. The Kier molecular flexibility index (Phi) is 8.12. The minimum absolute atomic E-state index is 0.659. The molecular formula is C28H40BN3. The maximum atomic E-state index is 4.42. The number of anilines is 2. The Morgan fingerprint density at radius 2 is 1.94 bits per heavy atom. The Morgan fingerprint density at radius 3 is 2.56 bits per heavy atom. The highest BCUT2D eigenvalue weighted by molar-refractivity contribution is 6.18. The minimum Gasteiger partial charge on any atom is -0.371 e. The summed E-state index contributed by atoms with van der Waals surface area (Å²) in [7, 11) is 4.20. The van der Waals surface area contributed by atoms with Crippen molar-refractivity contribution in [1.82, 2.24) is 4.90 Å². The van der Waals surface area contributed by atoms with E-state index in [1.165, 1.54) is 41.8 Å². The second-order valence-electron chi connectivity index (χ2n) is 9.30. The van der Waals surface area contributed by atoms with Crippen molar-refractivity contribution in [1.29, 1.82) is 0 Å². The van der Waals surface area contributed by atoms with Gasteiger partial charge in [0, 0.05) is 55.0 Å². The van der Waals surface area contributed by atoms with Crippen molar-refractivity contribution in [2.24, 2.45) is 5.92 Å². The summed E-state index contributed by atoms with van der Waals surface area (Å²) in [6.45, 7) is 18.6. The second-order valence-corrected chi connectivity index (χ2v) is 9.30. The largest absolute Gasteiger partial charge is 0.371 e. The number of fused-ring (bicyclic) bond motifs is 1.